The Balaban J connectivity index is 1.64. The van der Waals surface area contributed by atoms with Crippen LogP contribution in [0.25, 0.3) is 11.1 Å². The number of fused-ring (bicyclic) bond motifs is 1. The Morgan fingerprint density at radius 3 is 2.68 bits per heavy atom. The van der Waals surface area contributed by atoms with Crippen LogP contribution >= 0.6 is 11.3 Å². The molecule has 0 saturated heterocycles. The number of hydrogen-bond donors (Lipinski definition) is 1. The Hall–Kier alpha value is -2.65. The standard InChI is InChI=1S/C25H31N3O4S2/c1-5-17(4)32-25(29)27-34(30,31)24-21(15-20(33-24)14-16(2)3)18-6-8-19(9-7-18)22-10-11-23-26-12-13-28(22)23/h6-9,12-13,15-17,22H,5,10-11,14H2,1-4H3,(H,27,29)/t17?,22-/m1/s1. The smallest absolute Gasteiger partial charge is 0.421 e. The van der Waals surface area contributed by atoms with Gasteiger partial charge in [-0.2, -0.15) is 0 Å². The number of imidazole rings is 1. The number of sulfonamides is 1. The van der Waals surface area contributed by atoms with E-state index in [9.17, 15) is 13.2 Å². The van der Waals surface area contributed by atoms with Gasteiger partial charge in [-0.05, 0) is 49.3 Å². The number of nitrogens with one attached hydrogen (secondary N) is 1. The Kier molecular flexibility index (Phi) is 7.14. The van der Waals surface area contributed by atoms with E-state index in [0.717, 1.165) is 41.1 Å². The Labute approximate surface area is 205 Å². The van der Waals surface area contributed by atoms with Crippen LogP contribution in [0.4, 0.5) is 4.79 Å². The molecule has 2 aromatic heterocycles. The van der Waals surface area contributed by atoms with E-state index in [1.165, 1.54) is 11.3 Å². The van der Waals surface area contributed by atoms with Gasteiger partial charge in [0.25, 0.3) is 10.0 Å². The van der Waals surface area contributed by atoms with Gasteiger partial charge in [-0.25, -0.2) is 22.9 Å². The van der Waals surface area contributed by atoms with Gasteiger partial charge in [0.1, 0.15) is 16.1 Å². The highest BCUT2D eigenvalue weighted by Crippen LogP contribution is 2.38. The molecule has 1 aliphatic rings. The summed E-state index contributed by atoms with van der Waals surface area (Å²) in [6.45, 7) is 7.78. The summed E-state index contributed by atoms with van der Waals surface area (Å²) in [6.07, 6.45) is 5.82. The number of thiophene rings is 1. The van der Waals surface area contributed by atoms with E-state index in [1.54, 1.807) is 6.92 Å². The molecular formula is C25H31N3O4S2. The van der Waals surface area contributed by atoms with Gasteiger partial charge in [0.05, 0.1) is 6.04 Å². The molecule has 0 spiro atoms. The second kappa shape index (κ2) is 9.92. The summed E-state index contributed by atoms with van der Waals surface area (Å²) in [5.74, 6) is 1.47. The lowest BCUT2D eigenvalue weighted by Crippen LogP contribution is -2.33. The molecule has 7 nitrogen and oxygen atoms in total. The number of carbonyl (C=O) groups excluding carboxylic acids is 1. The summed E-state index contributed by atoms with van der Waals surface area (Å²) in [7, 11) is -4.08. The average Bonchev–Trinajstić information content (AvgIpc) is 3.49. The molecule has 9 heteroatoms. The molecule has 0 fully saturated rings. The van der Waals surface area contributed by atoms with Gasteiger partial charge < -0.3 is 9.30 Å². The Morgan fingerprint density at radius 1 is 1.26 bits per heavy atom. The predicted octanol–water partition coefficient (Wildman–Crippen LogP) is 5.56. The first-order valence-electron chi connectivity index (χ1n) is 11.7. The number of hydrogen-bond acceptors (Lipinski definition) is 6. The van der Waals surface area contributed by atoms with Crippen LogP contribution in [0.3, 0.4) is 0 Å². The van der Waals surface area contributed by atoms with Gasteiger partial charge in [-0.15, -0.1) is 11.3 Å². The maximum Gasteiger partial charge on any atom is 0.421 e. The van der Waals surface area contributed by atoms with E-state index in [4.69, 9.17) is 4.74 Å². The second-order valence-electron chi connectivity index (χ2n) is 9.17. The first-order valence-corrected chi connectivity index (χ1v) is 14.0. The molecule has 34 heavy (non-hydrogen) atoms. The third-order valence-corrected chi connectivity index (χ3v) is 9.04. The van der Waals surface area contributed by atoms with Crippen LogP contribution in [0.5, 0.6) is 0 Å². The predicted molar refractivity (Wildman–Crippen MR) is 134 cm³/mol. The molecule has 1 aromatic carbocycles. The van der Waals surface area contributed by atoms with E-state index in [0.29, 0.717) is 17.9 Å². The number of benzene rings is 1. The lowest BCUT2D eigenvalue weighted by molar-refractivity contribution is 0.110. The van der Waals surface area contributed by atoms with Crippen molar-refractivity contribution in [3.05, 3.63) is 59.0 Å². The molecule has 1 amide bonds. The summed E-state index contributed by atoms with van der Waals surface area (Å²) >= 11 is 1.21. The summed E-state index contributed by atoms with van der Waals surface area (Å²) in [6, 6.07) is 10.2. The van der Waals surface area contributed by atoms with Crippen LogP contribution in [0.1, 0.15) is 62.8 Å². The molecule has 0 aliphatic carbocycles. The minimum atomic E-state index is -4.08. The van der Waals surface area contributed by atoms with Crippen LogP contribution < -0.4 is 4.72 Å². The monoisotopic (exact) mass is 501 g/mol. The molecule has 0 saturated carbocycles. The van der Waals surface area contributed by atoms with Gasteiger partial charge >= 0.3 is 6.09 Å². The average molecular weight is 502 g/mol. The number of carbonyl (C=O) groups is 1. The van der Waals surface area contributed by atoms with Crippen molar-refractivity contribution >= 4 is 27.5 Å². The molecule has 182 valence electrons. The van der Waals surface area contributed by atoms with Crippen molar-refractivity contribution in [2.45, 2.75) is 69.7 Å². The number of aromatic nitrogens is 2. The summed E-state index contributed by atoms with van der Waals surface area (Å²) in [4.78, 5) is 17.6. The topological polar surface area (TPSA) is 90.3 Å². The van der Waals surface area contributed by atoms with Crippen molar-refractivity contribution in [1.29, 1.82) is 0 Å². The summed E-state index contributed by atoms with van der Waals surface area (Å²) in [5.41, 5.74) is 2.57. The molecule has 4 rings (SSSR count). The van der Waals surface area contributed by atoms with Crippen molar-refractivity contribution < 1.29 is 17.9 Å². The minimum Gasteiger partial charge on any atom is -0.446 e. The number of aryl methyl sites for hydroxylation is 1. The molecular weight excluding hydrogens is 470 g/mol. The SMILES string of the molecule is CCC(C)OC(=O)NS(=O)(=O)c1sc(CC(C)C)cc1-c1ccc([C@H]2CCc3nccn32)cc1. The molecule has 1 unspecified atom stereocenters. The van der Waals surface area contributed by atoms with Crippen molar-refractivity contribution in [2.75, 3.05) is 0 Å². The fourth-order valence-corrected chi connectivity index (χ4v) is 7.04. The van der Waals surface area contributed by atoms with Crippen LogP contribution in [0.15, 0.2) is 46.9 Å². The van der Waals surface area contributed by atoms with E-state index in [-0.39, 0.29) is 16.4 Å². The van der Waals surface area contributed by atoms with Gasteiger partial charge in [0.15, 0.2) is 0 Å². The number of nitrogens with zero attached hydrogens (tertiary/aromatic N) is 2. The van der Waals surface area contributed by atoms with Gasteiger partial charge in [-0.3, -0.25) is 0 Å². The van der Waals surface area contributed by atoms with Crippen molar-refractivity contribution in [3.8, 4) is 11.1 Å². The maximum atomic E-state index is 13.2. The van der Waals surface area contributed by atoms with Crippen molar-refractivity contribution in [3.63, 3.8) is 0 Å². The fraction of sp³-hybridized carbons (Fsp3) is 0.440. The van der Waals surface area contributed by atoms with E-state index < -0.39 is 16.1 Å². The zero-order valence-corrected chi connectivity index (χ0v) is 21.6. The summed E-state index contributed by atoms with van der Waals surface area (Å²) < 4.78 is 35.9. The molecule has 3 aromatic rings. The number of amides is 1. The zero-order chi connectivity index (χ0) is 24.5. The maximum absolute atomic E-state index is 13.2. The lowest BCUT2D eigenvalue weighted by Gasteiger charge is -2.14. The van der Waals surface area contributed by atoms with Crippen molar-refractivity contribution in [1.82, 2.24) is 14.3 Å². The van der Waals surface area contributed by atoms with Gasteiger partial charge in [0, 0.05) is 29.3 Å². The second-order valence-corrected chi connectivity index (χ2v) is 12.2. The molecule has 0 bridgehead atoms. The Morgan fingerprint density at radius 2 is 2.00 bits per heavy atom. The van der Waals surface area contributed by atoms with Gasteiger partial charge in [-0.1, -0.05) is 45.0 Å². The Bertz CT molecular complexity index is 1260. The lowest BCUT2D eigenvalue weighted by atomic mass is 10.0. The highest BCUT2D eigenvalue weighted by atomic mass is 32.2. The molecule has 0 radical (unpaired) electrons. The third kappa shape index (κ3) is 5.20. The van der Waals surface area contributed by atoms with Crippen LogP contribution in [-0.4, -0.2) is 30.2 Å². The largest absolute Gasteiger partial charge is 0.446 e. The molecule has 1 N–H and O–H groups in total. The summed E-state index contributed by atoms with van der Waals surface area (Å²) in [5, 5.41) is 0. The third-order valence-electron chi connectivity index (χ3n) is 6.04. The van der Waals surface area contributed by atoms with E-state index in [1.807, 2.05) is 37.5 Å². The van der Waals surface area contributed by atoms with Crippen LogP contribution in [-0.2, 0) is 27.6 Å². The first-order chi connectivity index (χ1) is 16.2. The minimum absolute atomic E-state index is 0.134. The molecule has 2 atom stereocenters. The molecule has 1 aliphatic heterocycles. The first kappa shape index (κ1) is 24.5. The van der Waals surface area contributed by atoms with Crippen LogP contribution in [0, 0.1) is 5.92 Å². The van der Waals surface area contributed by atoms with E-state index in [2.05, 4.69) is 40.3 Å². The number of rotatable bonds is 8. The van der Waals surface area contributed by atoms with Crippen LogP contribution in [0.2, 0.25) is 0 Å². The highest BCUT2D eigenvalue weighted by Gasteiger charge is 2.28. The highest BCUT2D eigenvalue weighted by molar-refractivity contribution is 7.92. The fourth-order valence-electron chi connectivity index (χ4n) is 4.21. The quantitative estimate of drug-likeness (QED) is 0.436. The van der Waals surface area contributed by atoms with E-state index >= 15 is 0 Å². The normalized spacial score (nSPS) is 16.4. The van der Waals surface area contributed by atoms with Gasteiger partial charge in [0.2, 0.25) is 0 Å². The zero-order valence-electron chi connectivity index (χ0n) is 19.9. The molecule has 3 heterocycles. The van der Waals surface area contributed by atoms with Crippen molar-refractivity contribution in [2.24, 2.45) is 5.92 Å². The number of ether oxygens (including phenoxy) is 1.